The molecule has 0 N–H and O–H groups in total. The molecule has 2 heterocycles. The van der Waals surface area contributed by atoms with Crippen molar-refractivity contribution in [1.82, 2.24) is 4.98 Å². The molecule has 0 unspecified atom stereocenters. The summed E-state index contributed by atoms with van der Waals surface area (Å²) < 4.78 is 11.7. The molecule has 3 rings (SSSR count). The highest BCUT2D eigenvalue weighted by Crippen LogP contribution is 2.39. The Labute approximate surface area is 166 Å². The van der Waals surface area contributed by atoms with Crippen LogP contribution in [-0.4, -0.2) is 18.2 Å². The minimum absolute atomic E-state index is 0.106. The van der Waals surface area contributed by atoms with E-state index in [-0.39, 0.29) is 6.10 Å². The molecule has 1 aromatic carbocycles. The molecular weight excluding hydrogens is 354 g/mol. The molecule has 1 aliphatic rings. The van der Waals surface area contributed by atoms with E-state index >= 15 is 0 Å². The van der Waals surface area contributed by atoms with Gasteiger partial charge in [0.2, 0.25) is 0 Å². The summed E-state index contributed by atoms with van der Waals surface area (Å²) >= 11 is 1.78. The third kappa shape index (κ3) is 4.32. The summed E-state index contributed by atoms with van der Waals surface area (Å²) in [6.07, 6.45) is 4.57. The lowest BCUT2D eigenvalue weighted by molar-refractivity contribution is 0.245. The molecule has 0 atom stereocenters. The van der Waals surface area contributed by atoms with Gasteiger partial charge in [0.15, 0.2) is 0 Å². The third-order valence-corrected chi connectivity index (χ3v) is 5.87. The van der Waals surface area contributed by atoms with Crippen molar-refractivity contribution in [2.24, 2.45) is 5.92 Å². The van der Waals surface area contributed by atoms with Crippen LogP contribution in [0.5, 0.6) is 11.5 Å². The first-order chi connectivity index (χ1) is 12.9. The van der Waals surface area contributed by atoms with E-state index in [0.29, 0.717) is 5.92 Å². The first-order valence-corrected chi connectivity index (χ1v) is 10.5. The Morgan fingerprint density at radius 1 is 1.11 bits per heavy atom. The van der Waals surface area contributed by atoms with E-state index in [1.54, 1.807) is 18.9 Å². The van der Waals surface area contributed by atoms with Crippen LogP contribution < -0.4 is 9.47 Å². The lowest BCUT2D eigenvalue weighted by atomic mass is 10.0. The van der Waals surface area contributed by atoms with Crippen LogP contribution in [0.1, 0.15) is 51.8 Å². The van der Waals surface area contributed by atoms with Gasteiger partial charge in [-0.1, -0.05) is 37.3 Å². The third-order valence-electron chi connectivity index (χ3n) is 4.82. The Morgan fingerprint density at radius 2 is 1.89 bits per heavy atom. The Balaban J connectivity index is 2.12. The first kappa shape index (κ1) is 19.8. The molecule has 0 saturated heterocycles. The molecule has 0 radical (unpaired) electrons. The number of ether oxygens (including phenoxy) is 2. The second-order valence-corrected chi connectivity index (χ2v) is 8.44. The number of rotatable bonds is 5. The summed E-state index contributed by atoms with van der Waals surface area (Å²) in [4.78, 5) is 6.21. The van der Waals surface area contributed by atoms with Gasteiger partial charge >= 0.3 is 0 Å². The summed E-state index contributed by atoms with van der Waals surface area (Å²) in [6, 6.07) is 6.12. The fourth-order valence-electron chi connectivity index (χ4n) is 3.28. The van der Waals surface area contributed by atoms with Crippen LogP contribution in [0.2, 0.25) is 0 Å². The Bertz CT molecular complexity index is 897. The number of aryl methyl sites for hydroxylation is 1. The number of nitrogens with zero attached hydrogens (tertiary/aromatic N) is 1. The molecule has 144 valence electrons. The second-order valence-electron chi connectivity index (χ2n) is 7.53. The van der Waals surface area contributed by atoms with Crippen LogP contribution in [0.25, 0.3) is 15.8 Å². The summed E-state index contributed by atoms with van der Waals surface area (Å²) in [5.41, 5.74) is 4.47. The van der Waals surface area contributed by atoms with Gasteiger partial charge < -0.3 is 9.47 Å². The Morgan fingerprint density at radius 3 is 2.56 bits per heavy atom. The summed E-state index contributed by atoms with van der Waals surface area (Å²) in [7, 11) is 1.70. The average molecular weight is 384 g/mol. The number of thioether (sulfide) groups is 1. The smallest absolute Gasteiger partial charge is 0.131 e. The summed E-state index contributed by atoms with van der Waals surface area (Å²) in [5, 5.41) is 3.33. The van der Waals surface area contributed by atoms with Gasteiger partial charge in [-0.05, 0) is 57.1 Å². The molecule has 1 aliphatic heterocycles. The molecular formula is C23H29NO2S. The van der Waals surface area contributed by atoms with E-state index in [4.69, 9.17) is 14.5 Å². The number of hydrogen-bond donors (Lipinski definition) is 0. The van der Waals surface area contributed by atoms with E-state index in [0.717, 1.165) is 46.5 Å². The average Bonchev–Trinajstić information content (AvgIpc) is 2.88. The number of pyridine rings is 1. The molecule has 2 aromatic rings. The highest BCUT2D eigenvalue weighted by molar-refractivity contribution is 8.10. The Kier molecular flexibility index (Phi) is 6.15. The molecule has 1 aromatic heterocycles. The van der Waals surface area contributed by atoms with Crippen LogP contribution in [0, 0.1) is 12.8 Å². The largest absolute Gasteiger partial charge is 0.496 e. The zero-order chi connectivity index (χ0) is 19.6. The normalized spacial score (nSPS) is 15.0. The number of aromatic nitrogens is 1. The molecule has 3 nitrogen and oxygen atoms in total. The van der Waals surface area contributed by atoms with Crippen molar-refractivity contribution in [2.75, 3.05) is 7.11 Å². The fourth-order valence-corrected chi connectivity index (χ4v) is 4.39. The van der Waals surface area contributed by atoms with Gasteiger partial charge in [-0.2, -0.15) is 0 Å². The maximum Gasteiger partial charge on any atom is 0.131 e. The minimum atomic E-state index is 0.106. The number of fused-ring (bicyclic) bond motifs is 1. The van der Waals surface area contributed by atoms with Crippen LogP contribution in [0.3, 0.4) is 0 Å². The zero-order valence-corrected chi connectivity index (χ0v) is 17.9. The first-order valence-electron chi connectivity index (χ1n) is 9.61. The molecule has 4 heteroatoms. The lowest BCUT2D eigenvalue weighted by Crippen LogP contribution is -2.07. The molecule has 0 amide bonds. The lowest BCUT2D eigenvalue weighted by Gasteiger charge is -2.16. The zero-order valence-electron chi connectivity index (χ0n) is 17.1. The van der Waals surface area contributed by atoms with Gasteiger partial charge in [-0.3, -0.25) is 0 Å². The monoisotopic (exact) mass is 383 g/mol. The van der Waals surface area contributed by atoms with Crippen molar-refractivity contribution in [3.63, 3.8) is 0 Å². The van der Waals surface area contributed by atoms with Gasteiger partial charge in [-0.25, -0.2) is 4.98 Å². The van der Waals surface area contributed by atoms with Crippen molar-refractivity contribution in [1.29, 1.82) is 0 Å². The molecule has 0 saturated carbocycles. The van der Waals surface area contributed by atoms with Crippen molar-refractivity contribution in [3.05, 3.63) is 46.5 Å². The van der Waals surface area contributed by atoms with Crippen LogP contribution >= 0.6 is 11.8 Å². The van der Waals surface area contributed by atoms with Crippen molar-refractivity contribution in [3.8, 4) is 11.5 Å². The van der Waals surface area contributed by atoms with Crippen LogP contribution in [0.15, 0.2) is 35.3 Å². The van der Waals surface area contributed by atoms with Gasteiger partial charge in [-0.15, -0.1) is 0 Å². The number of methoxy groups -OCH3 is 1. The van der Waals surface area contributed by atoms with E-state index in [1.807, 2.05) is 12.1 Å². The van der Waals surface area contributed by atoms with Gasteiger partial charge in [0, 0.05) is 21.9 Å². The van der Waals surface area contributed by atoms with E-state index < -0.39 is 0 Å². The SMILES string of the molecule is COc1ccc2c(OC(C)C)cc(C3=CCCC(C(C)C)=CS3)nc2c1C. The maximum absolute atomic E-state index is 6.15. The van der Waals surface area contributed by atoms with Crippen molar-refractivity contribution < 1.29 is 9.47 Å². The van der Waals surface area contributed by atoms with Gasteiger partial charge in [0.1, 0.15) is 11.5 Å². The van der Waals surface area contributed by atoms with Crippen LogP contribution in [0.4, 0.5) is 0 Å². The number of allylic oxidation sites excluding steroid dienone is 2. The van der Waals surface area contributed by atoms with Crippen molar-refractivity contribution >= 4 is 27.6 Å². The van der Waals surface area contributed by atoms with Crippen LogP contribution in [-0.2, 0) is 0 Å². The fraction of sp³-hybridized carbons (Fsp3) is 0.435. The molecule has 0 fully saturated rings. The quantitative estimate of drug-likeness (QED) is 0.571. The molecule has 0 spiro atoms. The summed E-state index contributed by atoms with van der Waals surface area (Å²) in [6.45, 7) is 10.7. The molecule has 0 bridgehead atoms. The van der Waals surface area contributed by atoms with E-state index in [1.165, 1.54) is 10.5 Å². The van der Waals surface area contributed by atoms with Gasteiger partial charge in [0.25, 0.3) is 0 Å². The van der Waals surface area contributed by atoms with Gasteiger partial charge in [0.05, 0.1) is 24.4 Å². The minimum Gasteiger partial charge on any atom is -0.496 e. The highest BCUT2D eigenvalue weighted by atomic mass is 32.2. The number of hydrogen-bond acceptors (Lipinski definition) is 4. The Hall–Kier alpha value is -1.94. The highest BCUT2D eigenvalue weighted by Gasteiger charge is 2.17. The molecule has 0 aliphatic carbocycles. The van der Waals surface area contributed by atoms with Crippen molar-refractivity contribution in [2.45, 2.75) is 53.6 Å². The topological polar surface area (TPSA) is 31.4 Å². The van der Waals surface area contributed by atoms with E-state index in [2.05, 4.69) is 52.2 Å². The predicted molar refractivity (Wildman–Crippen MR) is 117 cm³/mol. The second kappa shape index (κ2) is 8.39. The van der Waals surface area contributed by atoms with E-state index in [9.17, 15) is 0 Å². The number of benzene rings is 1. The standard InChI is InChI=1S/C23H29NO2S/c1-14(2)17-8-7-9-22(27-13-17)19-12-21(26-15(3)4)18-10-11-20(25-6)16(5)23(18)24-19/h9-15H,7-8H2,1-6H3. The molecule has 27 heavy (non-hydrogen) atoms. The predicted octanol–water partition coefficient (Wildman–Crippen LogP) is 6.75. The summed E-state index contributed by atoms with van der Waals surface area (Å²) in [5.74, 6) is 2.32. The maximum atomic E-state index is 6.15.